The number of hydrogen-bond donors (Lipinski definition) is 2. The van der Waals surface area contributed by atoms with E-state index in [9.17, 15) is 4.79 Å². The number of aromatic amines is 1. The van der Waals surface area contributed by atoms with Crippen molar-refractivity contribution >= 4 is 16.9 Å². The Kier molecular flexibility index (Phi) is 4.92. The van der Waals surface area contributed by atoms with Gasteiger partial charge in [0, 0.05) is 29.4 Å². The Morgan fingerprint density at radius 2 is 2.14 bits per heavy atom. The highest BCUT2D eigenvalue weighted by Gasteiger charge is 2.27. The van der Waals surface area contributed by atoms with E-state index in [1.807, 2.05) is 44.2 Å². The fourth-order valence-electron chi connectivity index (χ4n) is 3.64. The van der Waals surface area contributed by atoms with Gasteiger partial charge in [0.2, 0.25) is 5.88 Å². The predicted octanol–water partition coefficient (Wildman–Crippen LogP) is 4.29. The van der Waals surface area contributed by atoms with Crippen LogP contribution >= 0.6 is 0 Å². The van der Waals surface area contributed by atoms with Crippen LogP contribution in [0.4, 0.5) is 0 Å². The molecule has 148 valence electrons. The van der Waals surface area contributed by atoms with Gasteiger partial charge >= 0.3 is 0 Å². The summed E-state index contributed by atoms with van der Waals surface area (Å²) in [7, 11) is 0. The van der Waals surface area contributed by atoms with Gasteiger partial charge in [0.25, 0.3) is 5.91 Å². The van der Waals surface area contributed by atoms with Crippen LogP contribution in [0, 0.1) is 6.92 Å². The van der Waals surface area contributed by atoms with Crippen LogP contribution in [0.5, 0.6) is 5.88 Å². The van der Waals surface area contributed by atoms with E-state index in [4.69, 9.17) is 9.72 Å². The van der Waals surface area contributed by atoms with Crippen molar-refractivity contribution in [2.45, 2.75) is 32.3 Å². The number of nitrogens with zero attached hydrogens (tertiary/aromatic N) is 2. The summed E-state index contributed by atoms with van der Waals surface area (Å²) in [4.78, 5) is 25.3. The first-order valence-electron chi connectivity index (χ1n) is 9.70. The quantitative estimate of drug-likeness (QED) is 0.618. The molecule has 3 aromatic rings. The molecule has 29 heavy (non-hydrogen) atoms. The number of carbonyl (C=O) groups is 1. The van der Waals surface area contributed by atoms with E-state index in [-0.39, 0.29) is 17.9 Å². The largest absolute Gasteiger partial charge is 0.469 e. The molecule has 1 unspecified atom stereocenters. The maximum absolute atomic E-state index is 12.4. The van der Waals surface area contributed by atoms with E-state index < -0.39 is 0 Å². The zero-order chi connectivity index (χ0) is 20.5. The van der Waals surface area contributed by atoms with Crippen LogP contribution in [0.15, 0.2) is 49.6 Å². The number of benzene rings is 1. The number of amides is 1. The van der Waals surface area contributed by atoms with Gasteiger partial charge in [-0.25, -0.2) is 9.97 Å². The monoisotopic (exact) mass is 388 g/mol. The number of para-hydroxylation sites is 1. The Bertz CT molecular complexity index is 1120. The highest BCUT2D eigenvalue weighted by atomic mass is 16.5. The molecule has 1 aliphatic heterocycles. The summed E-state index contributed by atoms with van der Waals surface area (Å²) >= 11 is 0. The molecule has 2 N–H and O–H groups in total. The average Bonchev–Trinajstić information content (AvgIpc) is 3.16. The van der Waals surface area contributed by atoms with Gasteiger partial charge in [-0.1, -0.05) is 30.9 Å². The number of nitrogens with one attached hydrogen (secondary N) is 2. The first kappa shape index (κ1) is 18.9. The van der Waals surface area contributed by atoms with Gasteiger partial charge in [0.05, 0.1) is 11.1 Å². The smallest absolute Gasteiger partial charge is 0.253 e. The molecule has 2 atom stereocenters. The summed E-state index contributed by atoms with van der Waals surface area (Å²) in [6.07, 6.45) is 4.21. The first-order chi connectivity index (χ1) is 14.0. The molecule has 6 nitrogen and oxygen atoms in total. The first-order valence-corrected chi connectivity index (χ1v) is 9.70. The number of aromatic nitrogens is 3. The van der Waals surface area contributed by atoms with E-state index in [0.29, 0.717) is 18.0 Å². The zero-order valence-electron chi connectivity index (χ0n) is 16.7. The molecule has 6 heteroatoms. The number of fused-ring (bicyclic) bond motifs is 2. The Morgan fingerprint density at radius 3 is 2.90 bits per heavy atom. The lowest BCUT2D eigenvalue weighted by molar-refractivity contribution is 0.0940. The minimum atomic E-state index is -0.172. The Balaban J connectivity index is 1.85. The van der Waals surface area contributed by atoms with Crippen molar-refractivity contribution in [3.05, 3.63) is 66.5 Å². The van der Waals surface area contributed by atoms with Gasteiger partial charge in [-0.05, 0) is 32.4 Å². The van der Waals surface area contributed by atoms with Gasteiger partial charge in [-0.3, -0.25) is 4.79 Å². The van der Waals surface area contributed by atoms with Crippen LogP contribution in [0.3, 0.4) is 0 Å². The minimum Gasteiger partial charge on any atom is -0.469 e. The van der Waals surface area contributed by atoms with Gasteiger partial charge in [-0.2, -0.15) is 0 Å². The van der Waals surface area contributed by atoms with Crippen molar-refractivity contribution < 1.29 is 9.53 Å². The number of hydrogen-bond acceptors (Lipinski definition) is 4. The maximum Gasteiger partial charge on any atom is 0.253 e. The lowest BCUT2D eigenvalue weighted by Gasteiger charge is -2.21. The van der Waals surface area contributed by atoms with Crippen LogP contribution in [-0.2, 0) is 0 Å². The fourth-order valence-corrected chi connectivity index (χ4v) is 3.64. The van der Waals surface area contributed by atoms with Gasteiger partial charge in [0.1, 0.15) is 17.3 Å². The molecule has 1 aromatic carbocycles. The second-order valence-electron chi connectivity index (χ2n) is 7.29. The fraction of sp³-hybridized carbons (Fsp3) is 0.261. The van der Waals surface area contributed by atoms with Crippen LogP contribution < -0.4 is 10.1 Å². The SMILES string of the molecule is C=CC[C@H]1CNC(=O)c2cc(-c3cccc4nc(C)c(OC(C)C=C)nc34)[nH]c21. The highest BCUT2D eigenvalue weighted by molar-refractivity contribution is 5.99. The lowest BCUT2D eigenvalue weighted by Crippen LogP contribution is -2.34. The topological polar surface area (TPSA) is 79.9 Å². The Labute approximate surface area is 169 Å². The second kappa shape index (κ2) is 7.54. The molecular weight excluding hydrogens is 364 g/mol. The summed E-state index contributed by atoms with van der Waals surface area (Å²) < 4.78 is 5.86. The molecule has 3 heterocycles. The minimum absolute atomic E-state index is 0.0613. The third-order valence-electron chi connectivity index (χ3n) is 5.21. The lowest BCUT2D eigenvalue weighted by atomic mass is 9.94. The molecule has 4 rings (SSSR count). The molecule has 1 amide bonds. The molecule has 0 saturated carbocycles. The molecule has 0 aliphatic carbocycles. The Morgan fingerprint density at radius 1 is 1.31 bits per heavy atom. The standard InChI is InChI=1S/C23H24N4O2/c1-5-8-15-12-24-22(28)17-11-19(26-20(15)17)16-9-7-10-18-21(16)27-23(14(4)25-18)29-13(3)6-2/h5-7,9-11,13,15,26H,1-2,8,12H2,3-4H3,(H,24,28)/t13?,15-/m0/s1. The molecule has 1 aliphatic rings. The third kappa shape index (κ3) is 3.42. The van der Waals surface area contributed by atoms with Gasteiger partial charge in [-0.15, -0.1) is 6.58 Å². The van der Waals surface area contributed by atoms with Crippen molar-refractivity contribution in [3.8, 4) is 17.1 Å². The summed E-state index contributed by atoms with van der Waals surface area (Å²) in [5.41, 5.74) is 5.56. The second-order valence-corrected chi connectivity index (χ2v) is 7.29. The van der Waals surface area contributed by atoms with E-state index in [1.54, 1.807) is 6.08 Å². The molecule has 0 radical (unpaired) electrons. The summed E-state index contributed by atoms with van der Waals surface area (Å²) in [5, 5.41) is 2.96. The van der Waals surface area contributed by atoms with Crippen molar-refractivity contribution in [2.24, 2.45) is 0 Å². The Hall–Kier alpha value is -3.41. The maximum atomic E-state index is 12.4. The average molecular weight is 388 g/mol. The molecule has 0 spiro atoms. The number of allylic oxidation sites excluding steroid dienone is 1. The molecule has 0 fully saturated rings. The normalized spacial score (nSPS) is 16.8. The van der Waals surface area contributed by atoms with E-state index >= 15 is 0 Å². The summed E-state index contributed by atoms with van der Waals surface area (Å²) in [6, 6.07) is 7.74. The van der Waals surface area contributed by atoms with Crippen LogP contribution in [0.2, 0.25) is 0 Å². The zero-order valence-corrected chi connectivity index (χ0v) is 16.7. The highest BCUT2D eigenvalue weighted by Crippen LogP contribution is 2.34. The summed E-state index contributed by atoms with van der Waals surface area (Å²) in [6.45, 7) is 12.0. The number of aryl methyl sites for hydroxylation is 1. The van der Waals surface area contributed by atoms with Crippen LogP contribution in [-0.4, -0.2) is 33.5 Å². The molecule has 0 saturated heterocycles. The number of rotatable bonds is 6. The molecule has 2 aromatic heterocycles. The van der Waals surface area contributed by atoms with Crippen molar-refractivity contribution in [3.63, 3.8) is 0 Å². The molecular formula is C23H24N4O2. The number of carbonyl (C=O) groups excluding carboxylic acids is 1. The van der Waals surface area contributed by atoms with E-state index in [0.717, 1.165) is 40.1 Å². The van der Waals surface area contributed by atoms with Gasteiger partial charge in [0.15, 0.2) is 0 Å². The summed E-state index contributed by atoms with van der Waals surface area (Å²) in [5.74, 6) is 0.606. The van der Waals surface area contributed by atoms with Crippen molar-refractivity contribution in [2.75, 3.05) is 6.54 Å². The number of ether oxygens (including phenoxy) is 1. The van der Waals surface area contributed by atoms with Crippen molar-refractivity contribution in [1.29, 1.82) is 0 Å². The van der Waals surface area contributed by atoms with Gasteiger partial charge < -0.3 is 15.0 Å². The van der Waals surface area contributed by atoms with E-state index in [2.05, 4.69) is 28.4 Å². The number of H-pyrrole nitrogens is 1. The van der Waals surface area contributed by atoms with E-state index in [1.165, 1.54) is 0 Å². The predicted molar refractivity (Wildman–Crippen MR) is 114 cm³/mol. The van der Waals surface area contributed by atoms with Crippen LogP contribution in [0.1, 0.15) is 41.0 Å². The third-order valence-corrected chi connectivity index (χ3v) is 5.21. The molecule has 0 bridgehead atoms. The van der Waals surface area contributed by atoms with Crippen molar-refractivity contribution in [1.82, 2.24) is 20.3 Å². The van der Waals surface area contributed by atoms with Crippen LogP contribution in [0.25, 0.3) is 22.3 Å².